The van der Waals surface area contributed by atoms with Gasteiger partial charge in [0.1, 0.15) is 5.82 Å². The zero-order chi connectivity index (χ0) is 22.3. The first-order valence-corrected chi connectivity index (χ1v) is 10.7. The summed E-state index contributed by atoms with van der Waals surface area (Å²) in [6.45, 7) is 2.01. The van der Waals surface area contributed by atoms with Crippen LogP contribution in [0.5, 0.6) is 0 Å². The average molecular weight is 429 g/mol. The molecule has 1 unspecified atom stereocenters. The standard InChI is InChI=1S/C26H25FN4O/c27-23-10-8-19(9-11-23)15-25-16-21-5-1-2-6-22(21)18-31(25)13-12-29-26(32)30-24-7-3-4-20(14-24)17-28/h1-11,14,25H,12-13,15-16,18H2,(H2,29,30,32). The highest BCUT2D eigenvalue weighted by Crippen LogP contribution is 2.25. The molecule has 2 N–H and O–H groups in total. The number of halogens is 1. The van der Waals surface area contributed by atoms with E-state index in [-0.39, 0.29) is 17.9 Å². The van der Waals surface area contributed by atoms with E-state index in [0.717, 1.165) is 24.9 Å². The van der Waals surface area contributed by atoms with E-state index in [1.807, 2.05) is 12.1 Å². The van der Waals surface area contributed by atoms with Gasteiger partial charge in [0.15, 0.2) is 0 Å². The van der Waals surface area contributed by atoms with Gasteiger partial charge in [0.2, 0.25) is 0 Å². The number of carbonyl (C=O) groups excluding carboxylic acids is 1. The Morgan fingerprint density at radius 3 is 2.62 bits per heavy atom. The van der Waals surface area contributed by atoms with Crippen molar-refractivity contribution in [1.82, 2.24) is 10.2 Å². The number of benzene rings is 3. The molecule has 162 valence electrons. The smallest absolute Gasteiger partial charge is 0.319 e. The molecular weight excluding hydrogens is 403 g/mol. The number of rotatable bonds is 6. The fourth-order valence-corrected chi connectivity index (χ4v) is 4.15. The Hall–Kier alpha value is -3.69. The highest BCUT2D eigenvalue weighted by molar-refractivity contribution is 5.89. The molecule has 0 aromatic heterocycles. The van der Waals surface area contributed by atoms with Crippen LogP contribution in [0.15, 0.2) is 72.8 Å². The van der Waals surface area contributed by atoms with Gasteiger partial charge in [0.25, 0.3) is 0 Å². The SMILES string of the molecule is N#Cc1cccc(NC(=O)NCCN2Cc3ccccc3CC2Cc2ccc(F)cc2)c1. The van der Waals surface area contributed by atoms with Gasteiger partial charge in [-0.25, -0.2) is 9.18 Å². The first-order chi connectivity index (χ1) is 15.6. The van der Waals surface area contributed by atoms with E-state index in [0.29, 0.717) is 24.3 Å². The maximum absolute atomic E-state index is 13.3. The normalized spacial score (nSPS) is 15.4. The summed E-state index contributed by atoms with van der Waals surface area (Å²) in [5.74, 6) is -0.227. The van der Waals surface area contributed by atoms with E-state index in [9.17, 15) is 9.18 Å². The molecule has 6 heteroatoms. The van der Waals surface area contributed by atoms with Crippen LogP contribution in [0, 0.1) is 17.1 Å². The third-order valence-corrected chi connectivity index (χ3v) is 5.78. The lowest BCUT2D eigenvalue weighted by Crippen LogP contribution is -2.45. The van der Waals surface area contributed by atoms with Crippen molar-refractivity contribution in [1.29, 1.82) is 5.26 Å². The van der Waals surface area contributed by atoms with Crippen molar-refractivity contribution in [2.45, 2.75) is 25.4 Å². The minimum atomic E-state index is -0.299. The van der Waals surface area contributed by atoms with Crippen LogP contribution in [0.1, 0.15) is 22.3 Å². The Kier molecular flexibility index (Phi) is 6.78. The van der Waals surface area contributed by atoms with E-state index in [1.165, 1.54) is 23.3 Å². The average Bonchev–Trinajstić information content (AvgIpc) is 2.81. The van der Waals surface area contributed by atoms with Crippen LogP contribution in [-0.2, 0) is 19.4 Å². The van der Waals surface area contributed by atoms with Gasteiger partial charge in [-0.3, -0.25) is 4.90 Å². The molecule has 0 spiro atoms. The molecule has 1 atom stereocenters. The number of fused-ring (bicyclic) bond motifs is 1. The molecule has 0 saturated heterocycles. The monoisotopic (exact) mass is 428 g/mol. The molecule has 0 saturated carbocycles. The maximum atomic E-state index is 13.3. The van der Waals surface area contributed by atoms with E-state index in [1.54, 1.807) is 24.3 Å². The maximum Gasteiger partial charge on any atom is 0.319 e. The number of urea groups is 1. The zero-order valence-electron chi connectivity index (χ0n) is 17.7. The Labute approximate surface area is 187 Å². The van der Waals surface area contributed by atoms with Crippen molar-refractivity contribution in [3.05, 3.63) is 101 Å². The third kappa shape index (κ3) is 5.51. The summed E-state index contributed by atoms with van der Waals surface area (Å²) >= 11 is 0. The lowest BCUT2D eigenvalue weighted by molar-refractivity contribution is 0.171. The van der Waals surface area contributed by atoms with E-state index in [4.69, 9.17) is 5.26 Å². The summed E-state index contributed by atoms with van der Waals surface area (Å²) in [6.07, 6.45) is 1.74. The van der Waals surface area contributed by atoms with Gasteiger partial charge in [0.05, 0.1) is 11.6 Å². The predicted octanol–water partition coefficient (Wildman–Crippen LogP) is 4.49. The number of hydrogen-bond acceptors (Lipinski definition) is 3. The summed E-state index contributed by atoms with van der Waals surface area (Å²) in [5, 5.41) is 14.7. The van der Waals surface area contributed by atoms with Crippen molar-refractivity contribution in [2.24, 2.45) is 0 Å². The molecule has 0 bridgehead atoms. The molecule has 32 heavy (non-hydrogen) atoms. The summed E-state index contributed by atoms with van der Waals surface area (Å²) in [7, 11) is 0. The first-order valence-electron chi connectivity index (χ1n) is 10.7. The van der Waals surface area contributed by atoms with Crippen molar-refractivity contribution in [2.75, 3.05) is 18.4 Å². The molecule has 1 aliphatic heterocycles. The summed E-state index contributed by atoms with van der Waals surface area (Å²) < 4.78 is 13.3. The van der Waals surface area contributed by atoms with Crippen molar-refractivity contribution in [3.63, 3.8) is 0 Å². The van der Waals surface area contributed by atoms with Crippen LogP contribution in [0.2, 0.25) is 0 Å². The Morgan fingerprint density at radius 1 is 1.06 bits per heavy atom. The van der Waals surface area contributed by atoms with Crippen molar-refractivity contribution >= 4 is 11.7 Å². The number of nitrogens with zero attached hydrogens (tertiary/aromatic N) is 2. The molecule has 2 amide bonds. The molecule has 3 aromatic carbocycles. The van der Waals surface area contributed by atoms with Crippen LogP contribution in [0.3, 0.4) is 0 Å². The van der Waals surface area contributed by atoms with Crippen molar-refractivity contribution < 1.29 is 9.18 Å². The lowest BCUT2D eigenvalue weighted by atomic mass is 9.90. The molecule has 0 fully saturated rings. The first kappa shape index (κ1) is 21.5. The number of hydrogen-bond donors (Lipinski definition) is 2. The van der Waals surface area contributed by atoms with Crippen LogP contribution in [0.25, 0.3) is 0 Å². The number of nitriles is 1. The van der Waals surface area contributed by atoms with Gasteiger partial charge in [0, 0.05) is 31.4 Å². The van der Waals surface area contributed by atoms with Crippen LogP contribution >= 0.6 is 0 Å². The van der Waals surface area contributed by atoms with Gasteiger partial charge in [-0.05, 0) is 59.9 Å². The van der Waals surface area contributed by atoms with Crippen molar-refractivity contribution in [3.8, 4) is 6.07 Å². The predicted molar refractivity (Wildman–Crippen MR) is 123 cm³/mol. The fourth-order valence-electron chi connectivity index (χ4n) is 4.15. The van der Waals surface area contributed by atoms with Gasteiger partial charge < -0.3 is 10.6 Å². The second-order valence-corrected chi connectivity index (χ2v) is 8.00. The number of amides is 2. The van der Waals surface area contributed by atoms with Crippen LogP contribution in [0.4, 0.5) is 14.9 Å². The van der Waals surface area contributed by atoms with Crippen LogP contribution in [-0.4, -0.2) is 30.1 Å². The highest BCUT2D eigenvalue weighted by atomic mass is 19.1. The third-order valence-electron chi connectivity index (χ3n) is 5.78. The fraction of sp³-hybridized carbons (Fsp3) is 0.231. The van der Waals surface area contributed by atoms with E-state index < -0.39 is 0 Å². The number of nitrogens with one attached hydrogen (secondary N) is 2. The van der Waals surface area contributed by atoms with E-state index >= 15 is 0 Å². The topological polar surface area (TPSA) is 68.2 Å². The second kappa shape index (κ2) is 10.1. The molecule has 4 rings (SSSR count). The summed E-state index contributed by atoms with van der Waals surface area (Å²) in [4.78, 5) is 14.7. The van der Waals surface area contributed by atoms with E-state index in [2.05, 4.69) is 45.9 Å². The molecule has 5 nitrogen and oxygen atoms in total. The highest BCUT2D eigenvalue weighted by Gasteiger charge is 2.26. The molecule has 1 heterocycles. The molecule has 0 radical (unpaired) electrons. The molecule has 0 aliphatic carbocycles. The molecule has 1 aliphatic rings. The largest absolute Gasteiger partial charge is 0.337 e. The Bertz CT molecular complexity index is 1120. The minimum Gasteiger partial charge on any atom is -0.337 e. The summed E-state index contributed by atoms with van der Waals surface area (Å²) in [6, 6.07) is 24.0. The quantitative estimate of drug-likeness (QED) is 0.608. The Balaban J connectivity index is 1.37. The molecular formula is C26H25FN4O. The van der Waals surface area contributed by atoms with Gasteiger partial charge >= 0.3 is 6.03 Å². The molecule has 3 aromatic rings. The number of anilines is 1. The Morgan fingerprint density at radius 2 is 1.84 bits per heavy atom. The van der Waals surface area contributed by atoms with Gasteiger partial charge in [-0.2, -0.15) is 5.26 Å². The zero-order valence-corrected chi connectivity index (χ0v) is 17.7. The summed E-state index contributed by atoms with van der Waals surface area (Å²) in [5.41, 5.74) is 4.84. The second-order valence-electron chi connectivity index (χ2n) is 8.00. The minimum absolute atomic E-state index is 0.227. The van der Waals surface area contributed by atoms with Gasteiger partial charge in [-0.15, -0.1) is 0 Å². The number of carbonyl (C=O) groups is 1. The van der Waals surface area contributed by atoms with Crippen LogP contribution < -0.4 is 10.6 Å². The van der Waals surface area contributed by atoms with Gasteiger partial charge in [-0.1, -0.05) is 42.5 Å². The lowest BCUT2D eigenvalue weighted by Gasteiger charge is -2.37.